The molecule has 2 atom stereocenters. The Labute approximate surface area is 196 Å². The van der Waals surface area contributed by atoms with Crippen molar-refractivity contribution in [3.05, 3.63) is 46.7 Å². The second-order valence-corrected chi connectivity index (χ2v) is 8.30. The Kier molecular flexibility index (Phi) is 10.1. The fourth-order valence-electron chi connectivity index (χ4n) is 3.51. The highest BCUT2D eigenvalue weighted by Gasteiger charge is 2.23. The van der Waals surface area contributed by atoms with Crippen LogP contribution in [-0.4, -0.2) is 45.8 Å². The number of methoxy groups -OCH3 is 1. The molecule has 3 rings (SSSR count). The summed E-state index contributed by atoms with van der Waals surface area (Å²) in [7, 11) is 1.72. The Bertz CT molecular complexity index is 753. The molecule has 0 amide bonds. The summed E-state index contributed by atoms with van der Waals surface area (Å²) in [6.07, 6.45) is 1.19. The molecule has 7 heteroatoms. The molecule has 1 fully saturated rings. The van der Waals surface area contributed by atoms with Crippen LogP contribution in [0.4, 0.5) is 5.69 Å². The molecule has 1 saturated heterocycles. The van der Waals surface area contributed by atoms with Crippen molar-refractivity contribution >= 4 is 47.0 Å². The molecule has 1 aromatic heterocycles. The molecule has 1 aliphatic rings. The Morgan fingerprint density at radius 1 is 1.31 bits per heavy atom. The average Bonchev–Trinajstić information content (AvgIpc) is 3.42. The van der Waals surface area contributed by atoms with Gasteiger partial charge in [-0.25, -0.2) is 0 Å². The second kappa shape index (κ2) is 12.3. The lowest BCUT2D eigenvalue weighted by atomic mass is 10.1. The maximum Gasteiger partial charge on any atom is 0.191 e. The first-order valence-electron chi connectivity index (χ1n) is 10.1. The maximum absolute atomic E-state index is 5.36. The summed E-state index contributed by atoms with van der Waals surface area (Å²) in [5, 5.41) is 9.06. The topological polar surface area (TPSA) is 48.9 Å². The van der Waals surface area contributed by atoms with E-state index in [-0.39, 0.29) is 24.0 Å². The van der Waals surface area contributed by atoms with Gasteiger partial charge in [-0.05, 0) is 42.8 Å². The molecular formula is C22H33IN4OS. The van der Waals surface area contributed by atoms with E-state index in [1.165, 1.54) is 17.0 Å². The molecule has 0 aliphatic carbocycles. The zero-order chi connectivity index (χ0) is 19.8. The van der Waals surface area contributed by atoms with Gasteiger partial charge in [0.25, 0.3) is 0 Å². The van der Waals surface area contributed by atoms with Gasteiger partial charge in [0.2, 0.25) is 0 Å². The number of aliphatic imine (C=N–C) groups is 1. The van der Waals surface area contributed by atoms with Gasteiger partial charge < -0.3 is 20.3 Å². The van der Waals surface area contributed by atoms with Crippen molar-refractivity contribution in [2.45, 2.75) is 26.2 Å². The van der Waals surface area contributed by atoms with Crippen LogP contribution in [0.25, 0.3) is 0 Å². The van der Waals surface area contributed by atoms with Crippen molar-refractivity contribution < 1.29 is 4.74 Å². The first-order valence-corrected chi connectivity index (χ1v) is 11.0. The largest absolute Gasteiger partial charge is 0.497 e. The highest BCUT2D eigenvalue weighted by molar-refractivity contribution is 14.0. The number of hydrogen-bond acceptors (Lipinski definition) is 4. The van der Waals surface area contributed by atoms with E-state index in [2.05, 4.69) is 65.1 Å². The van der Waals surface area contributed by atoms with Gasteiger partial charge in [0.15, 0.2) is 5.96 Å². The van der Waals surface area contributed by atoms with E-state index < -0.39 is 0 Å². The lowest BCUT2D eigenvalue weighted by Crippen LogP contribution is -2.40. The molecule has 0 spiro atoms. The molecule has 0 radical (unpaired) electrons. The maximum atomic E-state index is 5.36. The van der Waals surface area contributed by atoms with Gasteiger partial charge in [0.05, 0.1) is 13.7 Å². The van der Waals surface area contributed by atoms with Crippen LogP contribution in [0.15, 0.2) is 46.8 Å². The Morgan fingerprint density at radius 2 is 2.17 bits per heavy atom. The number of halogens is 1. The minimum atomic E-state index is 0. The fraction of sp³-hybridized carbons (Fsp3) is 0.500. The molecular weight excluding hydrogens is 495 g/mol. The number of guanidine groups is 1. The molecule has 0 saturated carbocycles. The van der Waals surface area contributed by atoms with Gasteiger partial charge in [-0.3, -0.25) is 4.99 Å². The molecule has 2 heterocycles. The number of anilines is 1. The molecule has 1 aromatic carbocycles. The summed E-state index contributed by atoms with van der Waals surface area (Å²) in [4.78, 5) is 8.64. The monoisotopic (exact) mass is 528 g/mol. The quantitative estimate of drug-likeness (QED) is 0.300. The number of rotatable bonds is 8. The molecule has 2 aromatic rings. The van der Waals surface area contributed by atoms with E-state index in [0.717, 1.165) is 44.4 Å². The fourth-order valence-corrected chi connectivity index (χ4v) is 4.29. The van der Waals surface area contributed by atoms with Gasteiger partial charge >= 0.3 is 0 Å². The van der Waals surface area contributed by atoms with Crippen LogP contribution in [-0.2, 0) is 0 Å². The van der Waals surface area contributed by atoms with E-state index >= 15 is 0 Å². The molecule has 5 nitrogen and oxygen atoms in total. The van der Waals surface area contributed by atoms with Crippen LogP contribution in [0.2, 0.25) is 0 Å². The van der Waals surface area contributed by atoms with Crippen molar-refractivity contribution in [2.24, 2.45) is 10.9 Å². The van der Waals surface area contributed by atoms with E-state index in [4.69, 9.17) is 9.73 Å². The first-order chi connectivity index (χ1) is 13.7. The molecule has 1 aliphatic heterocycles. The van der Waals surface area contributed by atoms with Crippen LogP contribution in [0.5, 0.6) is 5.75 Å². The SMILES string of the molecule is CCNC(=NCC(C)c1cccs1)NCC1CCN(c2cccc(OC)c2)C1.I. The predicted molar refractivity (Wildman–Crippen MR) is 135 cm³/mol. The Hall–Kier alpha value is -1.48. The van der Waals surface area contributed by atoms with E-state index in [9.17, 15) is 0 Å². The lowest BCUT2D eigenvalue weighted by molar-refractivity contribution is 0.415. The zero-order valence-electron chi connectivity index (χ0n) is 17.6. The van der Waals surface area contributed by atoms with Crippen molar-refractivity contribution in [3.63, 3.8) is 0 Å². The summed E-state index contributed by atoms with van der Waals surface area (Å²) in [5.41, 5.74) is 1.24. The van der Waals surface area contributed by atoms with Crippen LogP contribution < -0.4 is 20.3 Å². The van der Waals surface area contributed by atoms with Gasteiger partial charge in [-0.2, -0.15) is 0 Å². The van der Waals surface area contributed by atoms with Gasteiger partial charge in [-0.1, -0.05) is 19.1 Å². The zero-order valence-corrected chi connectivity index (χ0v) is 20.7. The van der Waals surface area contributed by atoms with Crippen molar-refractivity contribution in [3.8, 4) is 5.75 Å². The lowest BCUT2D eigenvalue weighted by Gasteiger charge is -2.20. The summed E-state index contributed by atoms with van der Waals surface area (Å²) in [5.74, 6) is 2.90. The molecule has 160 valence electrons. The third-order valence-electron chi connectivity index (χ3n) is 5.16. The van der Waals surface area contributed by atoms with Crippen molar-refractivity contribution in [2.75, 3.05) is 44.7 Å². The summed E-state index contributed by atoms with van der Waals surface area (Å²) in [6.45, 7) is 9.12. The number of ether oxygens (including phenoxy) is 1. The standard InChI is InChI=1S/C22H32N4OS.HI/c1-4-23-22(24-14-17(2)21-9-6-12-28-21)25-15-18-10-11-26(16-18)19-7-5-8-20(13-19)27-3;/h5-9,12-13,17-18H,4,10-11,14-16H2,1-3H3,(H2,23,24,25);1H. The predicted octanol–water partition coefficient (Wildman–Crippen LogP) is 4.56. The third kappa shape index (κ3) is 7.06. The molecule has 2 unspecified atom stereocenters. The first kappa shape index (κ1) is 23.8. The smallest absolute Gasteiger partial charge is 0.191 e. The Morgan fingerprint density at radius 3 is 2.90 bits per heavy atom. The highest BCUT2D eigenvalue weighted by Crippen LogP contribution is 2.26. The molecule has 29 heavy (non-hydrogen) atoms. The van der Waals surface area contributed by atoms with Crippen LogP contribution in [0, 0.1) is 5.92 Å². The van der Waals surface area contributed by atoms with Crippen molar-refractivity contribution in [1.29, 1.82) is 0 Å². The number of hydrogen-bond donors (Lipinski definition) is 2. The second-order valence-electron chi connectivity index (χ2n) is 7.32. The molecule has 2 N–H and O–H groups in total. The number of nitrogens with zero attached hydrogens (tertiary/aromatic N) is 2. The summed E-state index contributed by atoms with van der Waals surface area (Å²) < 4.78 is 5.36. The average molecular weight is 529 g/mol. The summed E-state index contributed by atoms with van der Waals surface area (Å²) in [6, 6.07) is 12.6. The minimum absolute atomic E-state index is 0. The van der Waals surface area contributed by atoms with Crippen LogP contribution >= 0.6 is 35.3 Å². The third-order valence-corrected chi connectivity index (χ3v) is 6.26. The Balaban J connectivity index is 0.00000300. The molecule has 0 bridgehead atoms. The van der Waals surface area contributed by atoms with Crippen LogP contribution in [0.1, 0.15) is 31.1 Å². The number of nitrogens with one attached hydrogen (secondary N) is 2. The number of benzene rings is 1. The van der Waals surface area contributed by atoms with Crippen molar-refractivity contribution in [1.82, 2.24) is 10.6 Å². The van der Waals surface area contributed by atoms with E-state index in [1.54, 1.807) is 18.4 Å². The van der Waals surface area contributed by atoms with Gasteiger partial charge in [0, 0.05) is 48.7 Å². The number of thiophene rings is 1. The minimum Gasteiger partial charge on any atom is -0.497 e. The highest BCUT2D eigenvalue weighted by atomic mass is 127. The normalized spacial score (nSPS) is 17.6. The van der Waals surface area contributed by atoms with Crippen LogP contribution in [0.3, 0.4) is 0 Å². The van der Waals surface area contributed by atoms with Gasteiger partial charge in [0.1, 0.15) is 5.75 Å². The van der Waals surface area contributed by atoms with E-state index in [1.807, 2.05) is 6.07 Å². The van der Waals surface area contributed by atoms with Gasteiger partial charge in [-0.15, -0.1) is 35.3 Å². The summed E-state index contributed by atoms with van der Waals surface area (Å²) >= 11 is 1.81. The van der Waals surface area contributed by atoms with E-state index in [0.29, 0.717) is 11.8 Å².